The average molecular weight is 265 g/mol. The molecule has 1 aromatic carbocycles. The smallest absolute Gasteiger partial charge is 0.0616 e. The van der Waals surface area contributed by atoms with Crippen LogP contribution in [0.2, 0.25) is 0 Å². The summed E-state index contributed by atoms with van der Waals surface area (Å²) < 4.78 is 0. The van der Waals surface area contributed by atoms with E-state index in [1.807, 2.05) is 6.08 Å². The van der Waals surface area contributed by atoms with Crippen LogP contribution in [0.1, 0.15) is 49.7 Å². The standard InChI is InChI=1S/C19H23N/c1-2-14-3-5-15(6-4-14)13-20-19-10-16-7-17(11-19)9-18(8-16)12-19/h2-6,13,16-18H,1,7-12H2. The van der Waals surface area contributed by atoms with Gasteiger partial charge in [-0.25, -0.2) is 0 Å². The minimum absolute atomic E-state index is 0.297. The molecule has 1 aromatic rings. The SMILES string of the molecule is C=Cc1ccc(C=NC23CC4CC(CC(C4)C2)C3)cc1. The Morgan fingerprint density at radius 1 is 0.900 bits per heavy atom. The van der Waals surface area contributed by atoms with Crippen LogP contribution in [0.5, 0.6) is 0 Å². The van der Waals surface area contributed by atoms with Gasteiger partial charge in [-0.05, 0) is 67.4 Å². The number of benzene rings is 1. The van der Waals surface area contributed by atoms with Gasteiger partial charge in [-0.2, -0.15) is 0 Å². The van der Waals surface area contributed by atoms with Gasteiger partial charge in [0.15, 0.2) is 0 Å². The summed E-state index contributed by atoms with van der Waals surface area (Å²) in [4.78, 5) is 5.09. The fourth-order valence-corrected chi connectivity index (χ4v) is 5.15. The highest BCUT2D eigenvalue weighted by Crippen LogP contribution is 2.57. The summed E-state index contributed by atoms with van der Waals surface area (Å²) >= 11 is 0. The number of hydrogen-bond donors (Lipinski definition) is 0. The monoisotopic (exact) mass is 265 g/mol. The first-order valence-corrected chi connectivity index (χ1v) is 8.02. The van der Waals surface area contributed by atoms with Gasteiger partial charge in [0.25, 0.3) is 0 Å². The highest BCUT2D eigenvalue weighted by molar-refractivity contribution is 5.80. The maximum atomic E-state index is 5.09. The Labute approximate surface area is 121 Å². The van der Waals surface area contributed by atoms with E-state index in [0.717, 1.165) is 17.8 Å². The van der Waals surface area contributed by atoms with E-state index >= 15 is 0 Å². The lowest BCUT2D eigenvalue weighted by molar-refractivity contribution is 0.00195. The predicted molar refractivity (Wildman–Crippen MR) is 85.0 cm³/mol. The molecule has 0 unspecified atom stereocenters. The first kappa shape index (κ1) is 12.4. The van der Waals surface area contributed by atoms with Crippen LogP contribution in [0.15, 0.2) is 35.8 Å². The van der Waals surface area contributed by atoms with Gasteiger partial charge in [0.05, 0.1) is 5.54 Å². The van der Waals surface area contributed by atoms with Gasteiger partial charge in [-0.3, -0.25) is 4.99 Å². The summed E-state index contributed by atoms with van der Waals surface area (Å²) in [6, 6.07) is 8.55. The largest absolute Gasteiger partial charge is 0.286 e. The van der Waals surface area contributed by atoms with Crippen LogP contribution in [0.25, 0.3) is 6.08 Å². The molecular weight excluding hydrogens is 242 g/mol. The van der Waals surface area contributed by atoms with Gasteiger partial charge in [0, 0.05) is 6.21 Å². The number of rotatable bonds is 3. The van der Waals surface area contributed by atoms with E-state index in [2.05, 4.69) is 37.1 Å². The molecule has 0 atom stereocenters. The number of nitrogens with zero attached hydrogens (tertiary/aromatic N) is 1. The van der Waals surface area contributed by atoms with Crippen molar-refractivity contribution in [2.75, 3.05) is 0 Å². The second kappa shape index (κ2) is 4.58. The van der Waals surface area contributed by atoms with Crippen molar-refractivity contribution in [2.45, 2.75) is 44.1 Å². The summed E-state index contributed by atoms with van der Waals surface area (Å²) in [6.45, 7) is 3.80. The molecule has 4 saturated carbocycles. The van der Waals surface area contributed by atoms with Gasteiger partial charge in [0.1, 0.15) is 0 Å². The van der Waals surface area contributed by atoms with Crippen LogP contribution in [0.3, 0.4) is 0 Å². The molecule has 4 aliphatic carbocycles. The fourth-order valence-electron chi connectivity index (χ4n) is 5.15. The molecule has 0 aromatic heterocycles. The molecule has 0 aliphatic heterocycles. The zero-order chi connectivity index (χ0) is 13.6. The van der Waals surface area contributed by atoms with Crippen LogP contribution in [0, 0.1) is 17.8 Å². The molecular formula is C19H23N. The minimum atomic E-state index is 0.297. The van der Waals surface area contributed by atoms with E-state index in [1.165, 1.54) is 49.7 Å². The average Bonchev–Trinajstić information content (AvgIpc) is 2.44. The molecule has 20 heavy (non-hydrogen) atoms. The van der Waals surface area contributed by atoms with Gasteiger partial charge in [-0.15, -0.1) is 0 Å². The lowest BCUT2D eigenvalue weighted by Crippen LogP contribution is -2.49. The first-order chi connectivity index (χ1) is 9.75. The highest BCUT2D eigenvalue weighted by Gasteiger charge is 2.50. The lowest BCUT2D eigenvalue weighted by atomic mass is 9.53. The Bertz CT molecular complexity index is 502. The summed E-state index contributed by atoms with van der Waals surface area (Å²) in [5.74, 6) is 2.92. The van der Waals surface area contributed by atoms with E-state index in [4.69, 9.17) is 4.99 Å². The Kier molecular flexibility index (Phi) is 2.83. The summed E-state index contributed by atoms with van der Waals surface area (Å²) in [7, 11) is 0. The summed E-state index contributed by atoms with van der Waals surface area (Å²) in [6.07, 6.45) is 12.5. The topological polar surface area (TPSA) is 12.4 Å². The van der Waals surface area contributed by atoms with Crippen LogP contribution in [-0.4, -0.2) is 11.8 Å². The van der Waals surface area contributed by atoms with Crippen molar-refractivity contribution in [1.29, 1.82) is 0 Å². The van der Waals surface area contributed by atoms with E-state index < -0.39 is 0 Å². The zero-order valence-electron chi connectivity index (χ0n) is 12.1. The van der Waals surface area contributed by atoms with Gasteiger partial charge < -0.3 is 0 Å². The number of hydrogen-bond acceptors (Lipinski definition) is 1. The molecule has 4 fully saturated rings. The molecule has 0 heterocycles. The van der Waals surface area contributed by atoms with E-state index in [1.54, 1.807) is 0 Å². The lowest BCUT2D eigenvalue weighted by Gasteiger charge is -2.54. The van der Waals surface area contributed by atoms with Crippen LogP contribution in [-0.2, 0) is 0 Å². The number of aliphatic imine (C=N–C) groups is 1. The van der Waals surface area contributed by atoms with Crippen molar-refractivity contribution in [3.05, 3.63) is 42.0 Å². The van der Waals surface area contributed by atoms with E-state index in [9.17, 15) is 0 Å². The van der Waals surface area contributed by atoms with Crippen LogP contribution < -0.4 is 0 Å². The third kappa shape index (κ3) is 2.13. The molecule has 104 valence electrons. The van der Waals surface area contributed by atoms with Crippen molar-refractivity contribution < 1.29 is 0 Å². The minimum Gasteiger partial charge on any atom is -0.286 e. The summed E-state index contributed by atoms with van der Waals surface area (Å²) in [5.41, 5.74) is 2.70. The van der Waals surface area contributed by atoms with Crippen molar-refractivity contribution in [3.63, 3.8) is 0 Å². The van der Waals surface area contributed by atoms with Crippen molar-refractivity contribution in [3.8, 4) is 0 Å². The van der Waals surface area contributed by atoms with Gasteiger partial charge >= 0.3 is 0 Å². The molecule has 1 heteroatoms. The molecule has 0 saturated heterocycles. The second-order valence-corrected chi connectivity index (χ2v) is 7.27. The normalized spacial score (nSPS) is 38.5. The Hall–Kier alpha value is -1.37. The quantitative estimate of drug-likeness (QED) is 0.701. The van der Waals surface area contributed by atoms with E-state index in [-0.39, 0.29) is 0 Å². The molecule has 5 rings (SSSR count). The van der Waals surface area contributed by atoms with E-state index in [0.29, 0.717) is 5.54 Å². The van der Waals surface area contributed by atoms with Crippen LogP contribution in [0.4, 0.5) is 0 Å². The van der Waals surface area contributed by atoms with Crippen molar-refractivity contribution in [2.24, 2.45) is 22.7 Å². The zero-order valence-corrected chi connectivity index (χ0v) is 12.1. The van der Waals surface area contributed by atoms with Crippen molar-refractivity contribution in [1.82, 2.24) is 0 Å². The third-order valence-corrected chi connectivity index (χ3v) is 5.67. The molecule has 0 amide bonds. The second-order valence-electron chi connectivity index (χ2n) is 7.27. The molecule has 1 nitrogen and oxygen atoms in total. The van der Waals surface area contributed by atoms with Crippen LogP contribution >= 0.6 is 0 Å². The summed E-state index contributed by atoms with van der Waals surface area (Å²) in [5, 5.41) is 0. The fraction of sp³-hybridized carbons (Fsp3) is 0.526. The van der Waals surface area contributed by atoms with Gasteiger partial charge in [0.2, 0.25) is 0 Å². The molecule has 4 aliphatic rings. The highest BCUT2D eigenvalue weighted by atomic mass is 14.9. The molecule has 0 radical (unpaired) electrons. The first-order valence-electron chi connectivity index (χ1n) is 8.02. The van der Waals surface area contributed by atoms with Gasteiger partial charge in [-0.1, -0.05) is 36.9 Å². The van der Waals surface area contributed by atoms with Crippen molar-refractivity contribution >= 4 is 12.3 Å². The Morgan fingerprint density at radius 3 is 1.90 bits per heavy atom. The molecule has 4 bridgehead atoms. The Balaban J connectivity index is 1.55. The third-order valence-electron chi connectivity index (χ3n) is 5.67. The Morgan fingerprint density at radius 2 is 1.40 bits per heavy atom. The predicted octanol–water partition coefficient (Wildman–Crippen LogP) is 4.72. The maximum absolute atomic E-state index is 5.09. The molecule has 0 N–H and O–H groups in total. The molecule has 0 spiro atoms. The maximum Gasteiger partial charge on any atom is 0.0616 e.